The Morgan fingerprint density at radius 1 is 1.15 bits per heavy atom. The smallest absolute Gasteiger partial charge is 0.246 e. The van der Waals surface area contributed by atoms with E-state index in [0.29, 0.717) is 5.41 Å². The highest BCUT2D eigenvalue weighted by Gasteiger charge is 2.48. The molecule has 10 heteroatoms. The van der Waals surface area contributed by atoms with Gasteiger partial charge in [0, 0.05) is 26.1 Å². The fourth-order valence-electron chi connectivity index (χ4n) is 6.43. The van der Waals surface area contributed by atoms with Crippen LogP contribution in [0.25, 0.3) is 10.4 Å². The van der Waals surface area contributed by atoms with Crippen LogP contribution in [0.2, 0.25) is 0 Å². The van der Waals surface area contributed by atoms with E-state index in [4.69, 9.17) is 0 Å². The van der Waals surface area contributed by atoms with Gasteiger partial charge in [-0.2, -0.15) is 0 Å². The van der Waals surface area contributed by atoms with Gasteiger partial charge in [0.15, 0.2) is 0 Å². The summed E-state index contributed by atoms with van der Waals surface area (Å²) in [5.74, 6) is -0.826. The molecule has 3 amide bonds. The topological polar surface area (TPSA) is 115 Å². The number of thiazole rings is 1. The minimum absolute atomic E-state index is 0.0608. The lowest BCUT2D eigenvalue weighted by atomic mass is 9.63. The Bertz CT molecular complexity index is 1270. The van der Waals surface area contributed by atoms with Gasteiger partial charge in [-0.3, -0.25) is 19.3 Å². The number of carbonyl (C=O) groups excluding carboxylic acids is 3. The summed E-state index contributed by atoms with van der Waals surface area (Å²) in [5, 5.41) is 16.5. The van der Waals surface area contributed by atoms with Crippen molar-refractivity contribution in [3.63, 3.8) is 0 Å². The fraction of sp³-hybridized carbons (Fsp3) is 0.613. The van der Waals surface area contributed by atoms with Crippen LogP contribution in [0, 0.1) is 17.8 Å². The maximum Gasteiger partial charge on any atom is 0.246 e. The molecule has 1 aromatic heterocycles. The van der Waals surface area contributed by atoms with Crippen molar-refractivity contribution in [1.82, 2.24) is 25.4 Å². The Balaban J connectivity index is 1.22. The second kappa shape index (κ2) is 11.5. The second-order valence-electron chi connectivity index (χ2n) is 13.4. The highest BCUT2D eigenvalue weighted by Crippen LogP contribution is 2.47. The number of nitrogens with zero attached hydrogens (tertiary/aromatic N) is 3. The molecular weight excluding hydrogens is 538 g/mol. The van der Waals surface area contributed by atoms with Gasteiger partial charge in [0.2, 0.25) is 17.7 Å². The van der Waals surface area contributed by atoms with E-state index in [0.717, 1.165) is 34.8 Å². The van der Waals surface area contributed by atoms with Crippen LogP contribution < -0.4 is 10.6 Å². The quantitative estimate of drug-likeness (QED) is 0.441. The van der Waals surface area contributed by atoms with Crippen LogP contribution in [-0.4, -0.2) is 82.0 Å². The minimum atomic E-state index is -0.810. The van der Waals surface area contributed by atoms with E-state index in [1.165, 1.54) is 24.2 Å². The highest BCUT2D eigenvalue weighted by atomic mass is 32.1. The SMILES string of the molecule is Cc1ncsc1-c1ccc([C@H](C)NC(=O)[C@@H]2C[C@@H](O)CN2C(=O)[C@@H](NC(=O)CN2CC3(CCC3)C2)C(C)(C)C)cc1. The van der Waals surface area contributed by atoms with Crippen molar-refractivity contribution in [3.8, 4) is 10.4 Å². The van der Waals surface area contributed by atoms with Crippen molar-refractivity contribution in [2.45, 2.75) is 84.5 Å². The van der Waals surface area contributed by atoms with Gasteiger partial charge in [-0.1, -0.05) is 51.5 Å². The van der Waals surface area contributed by atoms with Crippen LogP contribution in [0.15, 0.2) is 29.8 Å². The normalized spacial score (nSPS) is 23.4. The molecule has 3 N–H and O–H groups in total. The van der Waals surface area contributed by atoms with E-state index in [9.17, 15) is 19.5 Å². The van der Waals surface area contributed by atoms with Crippen molar-refractivity contribution < 1.29 is 19.5 Å². The fourth-order valence-corrected chi connectivity index (χ4v) is 7.24. The molecule has 2 aliphatic heterocycles. The first-order chi connectivity index (χ1) is 19.3. The number of carbonyl (C=O) groups is 3. The number of aliphatic hydroxyl groups excluding tert-OH is 1. The monoisotopic (exact) mass is 581 g/mol. The Kier molecular flexibility index (Phi) is 8.29. The lowest BCUT2D eigenvalue weighted by molar-refractivity contribution is -0.145. The molecule has 3 aliphatic rings. The van der Waals surface area contributed by atoms with Gasteiger partial charge in [0.1, 0.15) is 12.1 Å². The van der Waals surface area contributed by atoms with Gasteiger partial charge >= 0.3 is 0 Å². The molecule has 3 heterocycles. The third-order valence-electron chi connectivity index (χ3n) is 8.96. The van der Waals surface area contributed by atoms with Gasteiger partial charge in [-0.25, -0.2) is 4.98 Å². The van der Waals surface area contributed by atoms with E-state index in [1.807, 2.05) is 64.4 Å². The third kappa shape index (κ3) is 6.34. The van der Waals surface area contributed by atoms with Crippen LogP contribution in [0.1, 0.15) is 70.7 Å². The molecule has 3 fully saturated rings. The Labute approximate surface area is 246 Å². The molecule has 4 atom stereocenters. The zero-order valence-corrected chi connectivity index (χ0v) is 25.6. The van der Waals surface area contributed by atoms with Crippen LogP contribution in [-0.2, 0) is 14.4 Å². The Morgan fingerprint density at radius 3 is 2.39 bits per heavy atom. The molecule has 0 unspecified atom stereocenters. The molecule has 41 heavy (non-hydrogen) atoms. The number of aliphatic hydroxyl groups is 1. The van der Waals surface area contributed by atoms with Gasteiger partial charge < -0.3 is 20.6 Å². The lowest BCUT2D eigenvalue weighted by Gasteiger charge is -2.56. The minimum Gasteiger partial charge on any atom is -0.391 e. The molecule has 2 saturated heterocycles. The number of nitrogens with one attached hydrogen (secondary N) is 2. The number of β-amino-alcohol motifs (C(OH)–C–C–N with tert-alkyl or cyclic N) is 1. The second-order valence-corrected chi connectivity index (χ2v) is 14.2. The first-order valence-corrected chi connectivity index (χ1v) is 15.5. The number of aromatic nitrogens is 1. The molecule has 1 aromatic carbocycles. The Hall–Kier alpha value is -2.82. The number of aryl methyl sites for hydroxylation is 1. The van der Waals surface area contributed by atoms with Crippen molar-refractivity contribution >= 4 is 29.1 Å². The predicted octanol–water partition coefficient (Wildman–Crippen LogP) is 3.27. The number of benzene rings is 1. The number of likely N-dealkylation sites (tertiary alicyclic amines) is 2. The van der Waals surface area contributed by atoms with Crippen molar-refractivity contribution in [2.24, 2.45) is 10.8 Å². The molecule has 1 spiro atoms. The third-order valence-corrected chi connectivity index (χ3v) is 9.94. The first-order valence-electron chi connectivity index (χ1n) is 14.7. The molecule has 0 bridgehead atoms. The zero-order valence-electron chi connectivity index (χ0n) is 24.8. The molecule has 5 rings (SSSR count). The van der Waals surface area contributed by atoms with E-state index >= 15 is 0 Å². The molecule has 2 aromatic rings. The zero-order chi connectivity index (χ0) is 29.5. The standard InChI is InChI=1S/C31H43N5O4S/c1-19(21-7-9-22(10-8-21)26-20(2)32-18-41-26)33-28(39)24-13-23(37)14-36(24)29(40)27(30(3,4)5)34-25(38)15-35-16-31(17-35)11-6-12-31/h7-10,18-19,23-24,27,37H,6,11-17H2,1-5H3,(H,33,39)(H,34,38)/t19-,23+,24-,27+/m0/s1. The molecular formula is C31H43N5O4S. The van der Waals surface area contributed by atoms with Crippen LogP contribution >= 0.6 is 11.3 Å². The maximum absolute atomic E-state index is 13.9. The molecule has 1 saturated carbocycles. The van der Waals surface area contributed by atoms with E-state index in [1.54, 1.807) is 11.3 Å². The summed E-state index contributed by atoms with van der Waals surface area (Å²) < 4.78 is 0. The van der Waals surface area contributed by atoms with Gasteiger partial charge in [0.05, 0.1) is 34.8 Å². The van der Waals surface area contributed by atoms with Crippen LogP contribution in [0.4, 0.5) is 0 Å². The van der Waals surface area contributed by atoms with E-state index < -0.39 is 23.6 Å². The summed E-state index contributed by atoms with van der Waals surface area (Å²) in [7, 11) is 0. The molecule has 9 nitrogen and oxygen atoms in total. The van der Waals surface area contributed by atoms with Crippen LogP contribution in [0.5, 0.6) is 0 Å². The first kappa shape index (κ1) is 29.7. The van der Waals surface area contributed by atoms with Crippen molar-refractivity contribution in [2.75, 3.05) is 26.2 Å². The highest BCUT2D eigenvalue weighted by molar-refractivity contribution is 7.13. The average Bonchev–Trinajstić information content (AvgIpc) is 3.47. The number of hydrogen-bond donors (Lipinski definition) is 3. The maximum atomic E-state index is 13.9. The summed E-state index contributed by atoms with van der Waals surface area (Å²) in [6, 6.07) is 6.11. The number of rotatable bonds is 8. The van der Waals surface area contributed by atoms with E-state index in [-0.39, 0.29) is 43.3 Å². The summed E-state index contributed by atoms with van der Waals surface area (Å²) in [5.41, 5.74) is 4.69. The predicted molar refractivity (Wildman–Crippen MR) is 159 cm³/mol. The Morgan fingerprint density at radius 2 is 1.83 bits per heavy atom. The average molecular weight is 582 g/mol. The van der Waals surface area contributed by atoms with Crippen molar-refractivity contribution in [3.05, 3.63) is 41.0 Å². The van der Waals surface area contributed by atoms with Crippen LogP contribution in [0.3, 0.4) is 0 Å². The number of amides is 3. The largest absolute Gasteiger partial charge is 0.391 e. The lowest BCUT2D eigenvalue weighted by Crippen LogP contribution is -2.63. The molecule has 222 valence electrons. The summed E-state index contributed by atoms with van der Waals surface area (Å²) in [6.07, 6.45) is 3.11. The summed E-state index contributed by atoms with van der Waals surface area (Å²) >= 11 is 1.59. The molecule has 1 aliphatic carbocycles. The van der Waals surface area contributed by atoms with Crippen molar-refractivity contribution in [1.29, 1.82) is 0 Å². The van der Waals surface area contributed by atoms with E-state index in [2.05, 4.69) is 20.5 Å². The summed E-state index contributed by atoms with van der Waals surface area (Å²) in [6.45, 7) is 11.8. The number of hydrogen-bond acceptors (Lipinski definition) is 7. The van der Waals surface area contributed by atoms with Gasteiger partial charge in [-0.15, -0.1) is 11.3 Å². The molecule has 0 radical (unpaired) electrons. The van der Waals surface area contributed by atoms with Gasteiger partial charge in [0.25, 0.3) is 0 Å². The van der Waals surface area contributed by atoms with Gasteiger partial charge in [-0.05, 0) is 48.6 Å². The summed E-state index contributed by atoms with van der Waals surface area (Å²) in [4.78, 5) is 49.3.